The summed E-state index contributed by atoms with van der Waals surface area (Å²) in [6, 6.07) is 10.1. The zero-order chi connectivity index (χ0) is 15.6. The van der Waals surface area contributed by atoms with E-state index in [1.807, 2.05) is 30.3 Å². The Bertz CT molecular complexity index is 293. The van der Waals surface area contributed by atoms with Gasteiger partial charge in [-0.3, -0.25) is 0 Å². The van der Waals surface area contributed by atoms with Gasteiger partial charge in [0.1, 0.15) is 5.75 Å². The van der Waals surface area contributed by atoms with E-state index < -0.39 is 0 Å². The molecule has 1 aromatic rings. The van der Waals surface area contributed by atoms with Crippen molar-refractivity contribution in [2.45, 2.75) is 51.9 Å². The molecule has 1 aromatic carbocycles. The van der Waals surface area contributed by atoms with Crippen molar-refractivity contribution in [3.05, 3.63) is 43.5 Å². The highest BCUT2D eigenvalue weighted by Crippen LogP contribution is 2.10. The first kappa shape index (κ1) is 19.7. The third-order valence-electron chi connectivity index (χ3n) is 2.96. The van der Waals surface area contributed by atoms with E-state index in [-0.39, 0.29) is 0 Å². The number of hydrogen-bond acceptors (Lipinski definition) is 2. The third kappa shape index (κ3) is 16.7. The number of rotatable bonds is 9. The van der Waals surface area contributed by atoms with Gasteiger partial charge in [0.25, 0.3) is 0 Å². The van der Waals surface area contributed by atoms with Crippen LogP contribution in [-0.2, 0) is 4.74 Å². The van der Waals surface area contributed by atoms with Gasteiger partial charge in [0, 0.05) is 0 Å². The summed E-state index contributed by atoms with van der Waals surface area (Å²) in [5, 5.41) is 0. The Morgan fingerprint density at radius 2 is 1.43 bits per heavy atom. The second-order valence-electron chi connectivity index (χ2n) is 4.90. The lowest BCUT2D eigenvalue weighted by Gasteiger charge is -2.05. The molecule has 0 atom stereocenters. The van der Waals surface area contributed by atoms with E-state index in [0.29, 0.717) is 0 Å². The van der Waals surface area contributed by atoms with Crippen LogP contribution in [0.3, 0.4) is 0 Å². The molecule has 0 aliphatic carbocycles. The SMILES string of the molecule is C1CO1.C=C.CCCCCCCCCOc1ccccc1. The highest BCUT2D eigenvalue weighted by atomic mass is 16.6. The molecule has 0 aromatic heterocycles. The number of unbranched alkanes of at least 4 members (excludes halogenated alkanes) is 6. The standard InChI is InChI=1S/C15H24O.C2H4O.C2H4/c1-2-3-4-5-6-7-11-14-16-15-12-9-8-10-13-15;1-2-3-1;1-2/h8-10,12-13H,2-7,11,14H2,1H3;1-2H2;1-2H2. The van der Waals surface area contributed by atoms with Gasteiger partial charge in [0.05, 0.1) is 19.8 Å². The molecule has 21 heavy (non-hydrogen) atoms. The number of ether oxygens (including phenoxy) is 2. The molecule has 1 heterocycles. The summed E-state index contributed by atoms with van der Waals surface area (Å²) < 4.78 is 10.1. The van der Waals surface area contributed by atoms with Crippen LogP contribution in [0.5, 0.6) is 5.75 Å². The Morgan fingerprint density at radius 3 is 1.95 bits per heavy atom. The van der Waals surface area contributed by atoms with Crippen molar-refractivity contribution in [1.82, 2.24) is 0 Å². The van der Waals surface area contributed by atoms with Crippen LogP contribution in [0.1, 0.15) is 51.9 Å². The summed E-state index contributed by atoms with van der Waals surface area (Å²) in [7, 11) is 0. The highest BCUT2D eigenvalue weighted by molar-refractivity contribution is 5.20. The van der Waals surface area contributed by atoms with E-state index in [0.717, 1.165) is 25.6 Å². The monoisotopic (exact) mass is 292 g/mol. The van der Waals surface area contributed by atoms with Crippen LogP contribution in [0.25, 0.3) is 0 Å². The summed E-state index contributed by atoms with van der Waals surface area (Å²) in [6.45, 7) is 11.1. The summed E-state index contributed by atoms with van der Waals surface area (Å²) in [6.07, 6.45) is 9.35. The smallest absolute Gasteiger partial charge is 0.119 e. The van der Waals surface area contributed by atoms with E-state index in [9.17, 15) is 0 Å². The van der Waals surface area contributed by atoms with Gasteiger partial charge < -0.3 is 9.47 Å². The highest BCUT2D eigenvalue weighted by Gasteiger charge is 1.94. The molecule has 0 saturated carbocycles. The number of para-hydroxylation sites is 1. The molecular formula is C19H32O2. The van der Waals surface area contributed by atoms with Crippen molar-refractivity contribution in [2.24, 2.45) is 0 Å². The van der Waals surface area contributed by atoms with E-state index >= 15 is 0 Å². The van der Waals surface area contributed by atoms with Gasteiger partial charge in [-0.15, -0.1) is 13.2 Å². The molecule has 0 radical (unpaired) electrons. The quantitative estimate of drug-likeness (QED) is 0.334. The maximum absolute atomic E-state index is 5.63. The summed E-state index contributed by atoms with van der Waals surface area (Å²) in [5.74, 6) is 0.994. The fourth-order valence-corrected chi connectivity index (χ4v) is 1.77. The number of benzene rings is 1. The predicted molar refractivity (Wildman–Crippen MR) is 92.0 cm³/mol. The fraction of sp³-hybridized carbons (Fsp3) is 0.579. The normalized spacial score (nSPS) is 11.5. The molecule has 1 aliphatic rings. The summed E-state index contributed by atoms with van der Waals surface area (Å²) in [5.41, 5.74) is 0. The third-order valence-corrected chi connectivity index (χ3v) is 2.96. The first-order valence-corrected chi connectivity index (χ1v) is 8.19. The minimum Gasteiger partial charge on any atom is -0.494 e. The Morgan fingerprint density at radius 1 is 0.905 bits per heavy atom. The molecule has 1 saturated heterocycles. The lowest BCUT2D eigenvalue weighted by molar-refractivity contribution is 0.304. The van der Waals surface area contributed by atoms with Crippen LogP contribution in [0.15, 0.2) is 43.5 Å². The van der Waals surface area contributed by atoms with Gasteiger partial charge in [0.2, 0.25) is 0 Å². The molecule has 1 fully saturated rings. The van der Waals surface area contributed by atoms with Crippen molar-refractivity contribution in [3.63, 3.8) is 0 Å². The molecule has 1 aliphatic heterocycles. The van der Waals surface area contributed by atoms with Gasteiger partial charge >= 0.3 is 0 Å². The second kappa shape index (κ2) is 16.8. The molecule has 120 valence electrons. The van der Waals surface area contributed by atoms with E-state index in [2.05, 4.69) is 24.8 Å². The Kier molecular flexibility index (Phi) is 15.8. The maximum Gasteiger partial charge on any atom is 0.119 e. The van der Waals surface area contributed by atoms with Crippen molar-refractivity contribution in [2.75, 3.05) is 19.8 Å². The predicted octanol–water partition coefficient (Wildman–Crippen LogP) is 5.63. The van der Waals surface area contributed by atoms with E-state index in [1.165, 1.54) is 44.9 Å². The molecule has 2 heteroatoms. The molecule has 0 unspecified atom stereocenters. The molecule has 2 nitrogen and oxygen atoms in total. The van der Waals surface area contributed by atoms with Crippen LogP contribution in [0, 0.1) is 0 Å². The largest absolute Gasteiger partial charge is 0.494 e. The van der Waals surface area contributed by atoms with Gasteiger partial charge in [0.15, 0.2) is 0 Å². The van der Waals surface area contributed by atoms with Crippen LogP contribution in [0.2, 0.25) is 0 Å². The minimum absolute atomic E-state index is 0.859. The zero-order valence-electron chi connectivity index (χ0n) is 13.7. The summed E-state index contributed by atoms with van der Waals surface area (Å²) >= 11 is 0. The van der Waals surface area contributed by atoms with Gasteiger partial charge in [-0.05, 0) is 18.6 Å². The van der Waals surface area contributed by atoms with Gasteiger partial charge in [-0.1, -0.05) is 63.6 Å². The number of hydrogen-bond donors (Lipinski definition) is 0. The molecule has 0 bridgehead atoms. The average Bonchev–Trinajstić information content (AvgIpc) is 3.42. The molecular weight excluding hydrogens is 260 g/mol. The van der Waals surface area contributed by atoms with Crippen LogP contribution in [-0.4, -0.2) is 19.8 Å². The van der Waals surface area contributed by atoms with Crippen LogP contribution >= 0.6 is 0 Å². The molecule has 0 amide bonds. The van der Waals surface area contributed by atoms with Crippen molar-refractivity contribution in [1.29, 1.82) is 0 Å². The van der Waals surface area contributed by atoms with Gasteiger partial charge in [-0.2, -0.15) is 0 Å². The molecule has 0 N–H and O–H groups in total. The number of epoxide rings is 1. The van der Waals surface area contributed by atoms with Crippen molar-refractivity contribution in [3.8, 4) is 5.75 Å². The molecule has 2 rings (SSSR count). The second-order valence-corrected chi connectivity index (χ2v) is 4.90. The van der Waals surface area contributed by atoms with Crippen LogP contribution in [0.4, 0.5) is 0 Å². The summed E-state index contributed by atoms with van der Waals surface area (Å²) in [4.78, 5) is 0. The van der Waals surface area contributed by atoms with Gasteiger partial charge in [-0.25, -0.2) is 0 Å². The van der Waals surface area contributed by atoms with E-state index in [4.69, 9.17) is 4.74 Å². The maximum atomic E-state index is 5.63. The first-order chi connectivity index (χ1) is 10.4. The fourth-order valence-electron chi connectivity index (χ4n) is 1.77. The lowest BCUT2D eigenvalue weighted by atomic mass is 10.1. The zero-order valence-corrected chi connectivity index (χ0v) is 13.7. The topological polar surface area (TPSA) is 21.8 Å². The van der Waals surface area contributed by atoms with E-state index in [1.54, 1.807) is 0 Å². The van der Waals surface area contributed by atoms with Crippen molar-refractivity contribution >= 4 is 0 Å². The Balaban J connectivity index is 0.000000684. The lowest BCUT2D eigenvalue weighted by Crippen LogP contribution is -1.96. The Labute approximate surface area is 131 Å². The van der Waals surface area contributed by atoms with Crippen LogP contribution < -0.4 is 4.74 Å². The first-order valence-electron chi connectivity index (χ1n) is 8.19. The van der Waals surface area contributed by atoms with Crippen molar-refractivity contribution < 1.29 is 9.47 Å². The average molecular weight is 292 g/mol. The minimum atomic E-state index is 0.859. The Hall–Kier alpha value is -1.28. The molecule has 0 spiro atoms.